The van der Waals surface area contributed by atoms with Crippen LogP contribution >= 0.6 is 0 Å². The van der Waals surface area contributed by atoms with Gasteiger partial charge in [0.25, 0.3) is 0 Å². The summed E-state index contributed by atoms with van der Waals surface area (Å²) in [5.41, 5.74) is 0. The number of rotatable bonds is 0. The topological polar surface area (TPSA) is 19.9 Å². The Morgan fingerprint density at radius 3 is 1.38 bits per heavy atom. The minimum Gasteiger partial charge on any atom is -0.748 e. The van der Waals surface area contributed by atoms with Crippen molar-refractivity contribution in [3.8, 4) is 0 Å². The van der Waals surface area contributed by atoms with Crippen LogP contribution < -0.4 is 0 Å². The quantitative estimate of drug-likeness (QED) is 0.485. The van der Waals surface area contributed by atoms with Crippen LogP contribution in [0.1, 0.15) is 13.3 Å². The maximum atomic E-state index is 7.50. The molecule has 0 amide bonds. The number of hydrogen-bond acceptors (Lipinski definition) is 0. The molecule has 2 rings (SSSR count). The van der Waals surface area contributed by atoms with Gasteiger partial charge in [-0.15, -0.1) is 0 Å². The first-order valence-electron chi connectivity index (χ1n) is 4.74. The molecule has 0 aliphatic rings. The summed E-state index contributed by atoms with van der Waals surface area (Å²) >= 11 is 0. The molecule has 0 aliphatic heterocycles. The van der Waals surface area contributed by atoms with Crippen molar-refractivity contribution in [2.75, 3.05) is 0 Å². The standard InChI is InChI=1S/2C5H5.C3H7.CO.Ta/c2*1-2-4-5-3-1;1-3-2;1-2;/h2*1-5H;1,3H2,2H3;;/q-5;2*-1;;. The van der Waals surface area contributed by atoms with Gasteiger partial charge in [0.1, 0.15) is 0 Å². The zero-order valence-corrected chi connectivity index (χ0v) is 12.8. The van der Waals surface area contributed by atoms with Gasteiger partial charge in [-0.25, -0.2) is 12.1 Å². The van der Waals surface area contributed by atoms with Gasteiger partial charge in [0.2, 0.25) is 0 Å². The Kier molecular flexibility index (Phi) is 30.6. The molecule has 16 heavy (non-hydrogen) atoms. The monoisotopic (exact) mass is 382 g/mol. The van der Waals surface area contributed by atoms with Crippen molar-refractivity contribution in [1.29, 1.82) is 0 Å². The van der Waals surface area contributed by atoms with Gasteiger partial charge >= 0.3 is 11.3 Å². The van der Waals surface area contributed by atoms with Gasteiger partial charge in [-0.2, -0.15) is 24.6 Å². The second-order valence-electron chi connectivity index (χ2n) is 2.42. The zero-order chi connectivity index (χ0) is 11.8. The summed E-state index contributed by atoms with van der Waals surface area (Å²) in [4.78, 5) is 0. The average Bonchev–Trinajstić information content (AvgIpc) is 3.01. The Morgan fingerprint density at radius 1 is 1.00 bits per heavy atom. The summed E-state index contributed by atoms with van der Waals surface area (Å²) in [6.07, 6.45) is 1.00. The summed E-state index contributed by atoms with van der Waals surface area (Å²) < 4.78 is 7.50. The fourth-order valence-electron chi connectivity index (χ4n) is 0.642. The summed E-state index contributed by atoms with van der Waals surface area (Å²) in [6.45, 7) is 10.0. The molecule has 0 fully saturated rings. The smallest absolute Gasteiger partial charge is 0 e. The summed E-state index contributed by atoms with van der Waals surface area (Å²) in [5.74, 6) is 0. The molecular formula is C14H17OTa-7. The van der Waals surface area contributed by atoms with Gasteiger partial charge in [0, 0.05) is 22.4 Å². The van der Waals surface area contributed by atoms with Crippen molar-refractivity contribution in [3.63, 3.8) is 0 Å². The van der Waals surface area contributed by atoms with E-state index in [1.165, 1.54) is 0 Å². The molecule has 0 bridgehead atoms. The predicted octanol–water partition coefficient (Wildman–Crippen LogP) is 4.00. The van der Waals surface area contributed by atoms with Crippen LogP contribution in [0, 0.1) is 13.6 Å². The average molecular weight is 382 g/mol. The third kappa shape index (κ3) is 23.2. The van der Waals surface area contributed by atoms with Gasteiger partial charge in [0.05, 0.1) is 0 Å². The van der Waals surface area contributed by atoms with Gasteiger partial charge in [-0.3, -0.25) is 0 Å². The van der Waals surface area contributed by atoms with E-state index in [0.717, 1.165) is 6.42 Å². The van der Waals surface area contributed by atoms with Crippen LogP contribution in [0.4, 0.5) is 0 Å². The molecule has 0 aliphatic carbocycles. The molecule has 0 saturated carbocycles. The Balaban J connectivity index is -0.000000147. The van der Waals surface area contributed by atoms with Crippen molar-refractivity contribution in [2.24, 2.45) is 0 Å². The van der Waals surface area contributed by atoms with Gasteiger partial charge in [-0.1, -0.05) is 6.92 Å². The maximum absolute atomic E-state index is 7.50. The summed E-state index contributed by atoms with van der Waals surface area (Å²) in [6, 6.07) is 20.0. The summed E-state index contributed by atoms with van der Waals surface area (Å²) in [7, 11) is 0. The van der Waals surface area contributed by atoms with Crippen LogP contribution in [-0.4, -0.2) is 0 Å². The maximum Gasteiger partial charge on any atom is 0 e. The minimum atomic E-state index is 0. The van der Waals surface area contributed by atoms with E-state index in [1.807, 2.05) is 67.6 Å². The second kappa shape index (κ2) is 23.8. The molecule has 0 N–H and O–H groups in total. The Hall–Kier alpha value is -0.820. The van der Waals surface area contributed by atoms with E-state index in [1.54, 1.807) is 0 Å². The molecule has 0 saturated heterocycles. The van der Waals surface area contributed by atoms with Crippen LogP contribution in [0.2, 0.25) is 0 Å². The number of hydrogen-bond donors (Lipinski definition) is 0. The third-order valence-electron chi connectivity index (χ3n) is 1.11. The second-order valence-corrected chi connectivity index (χ2v) is 2.42. The van der Waals surface area contributed by atoms with Crippen LogP contribution in [0.5, 0.6) is 0 Å². The van der Waals surface area contributed by atoms with Gasteiger partial charge in [-0.05, 0) is 0 Å². The molecule has 0 spiro atoms. The molecule has 91 valence electrons. The first-order valence-corrected chi connectivity index (χ1v) is 4.74. The fraction of sp³-hybridized carbons (Fsp3) is 0.143. The molecule has 0 atom stereocenters. The van der Waals surface area contributed by atoms with Crippen molar-refractivity contribution in [1.82, 2.24) is 0 Å². The Bertz CT molecular complexity index is 195. The van der Waals surface area contributed by atoms with Crippen LogP contribution in [0.25, 0.3) is 0 Å². The van der Waals surface area contributed by atoms with Gasteiger partial charge in [0.15, 0.2) is 0 Å². The van der Waals surface area contributed by atoms with E-state index >= 15 is 0 Å². The minimum absolute atomic E-state index is 0. The molecule has 0 heterocycles. The molecule has 0 unspecified atom stereocenters. The molecular weight excluding hydrogens is 365 g/mol. The first-order chi connectivity index (χ1) is 7.41. The fourth-order valence-corrected chi connectivity index (χ4v) is 0.642. The molecule has 1 radical (unpaired) electrons. The van der Waals surface area contributed by atoms with Crippen LogP contribution in [0.3, 0.4) is 0 Å². The van der Waals surface area contributed by atoms with E-state index in [0.29, 0.717) is 0 Å². The largest absolute Gasteiger partial charge is 0.748 e. The van der Waals surface area contributed by atoms with E-state index < -0.39 is 0 Å². The zero-order valence-electron chi connectivity index (χ0n) is 9.54. The molecule has 2 aromatic rings. The predicted molar refractivity (Wildman–Crippen MR) is 63.6 cm³/mol. The van der Waals surface area contributed by atoms with Crippen LogP contribution in [-0.2, 0) is 27.0 Å². The Morgan fingerprint density at radius 2 is 1.25 bits per heavy atom. The van der Waals surface area contributed by atoms with Crippen molar-refractivity contribution >= 4 is 0 Å². The van der Waals surface area contributed by atoms with Crippen molar-refractivity contribution < 1.29 is 27.0 Å². The van der Waals surface area contributed by atoms with E-state index in [2.05, 4.69) is 13.6 Å². The molecule has 0 aromatic heterocycles. The molecule has 2 heteroatoms. The first kappa shape index (κ1) is 20.6. The SMILES string of the molecule is [C-]#[O+].[CH2-]CC.[Ta].[cH-]1[cH-][cH-][cH-][cH-]1.c1cc[cH-]c1. The molecule has 1 nitrogen and oxygen atoms in total. The summed E-state index contributed by atoms with van der Waals surface area (Å²) in [5, 5.41) is 0. The van der Waals surface area contributed by atoms with Crippen molar-refractivity contribution in [3.05, 3.63) is 74.2 Å². The molecule has 2 aromatic carbocycles. The third-order valence-corrected chi connectivity index (χ3v) is 1.11. The Labute approximate surface area is 114 Å². The van der Waals surface area contributed by atoms with E-state index in [-0.39, 0.29) is 22.4 Å². The van der Waals surface area contributed by atoms with E-state index in [4.69, 9.17) is 4.65 Å². The normalized spacial score (nSPS) is 6.25. The van der Waals surface area contributed by atoms with Gasteiger partial charge < -0.3 is 37.3 Å². The van der Waals surface area contributed by atoms with Crippen molar-refractivity contribution in [2.45, 2.75) is 13.3 Å². The van der Waals surface area contributed by atoms with Crippen LogP contribution in [0.15, 0.2) is 60.7 Å². The van der Waals surface area contributed by atoms with E-state index in [9.17, 15) is 0 Å².